The number of esters is 1. The molecule has 0 bridgehead atoms. The third kappa shape index (κ3) is 4.22. The minimum atomic E-state index is -0.581. The van der Waals surface area contributed by atoms with Crippen molar-refractivity contribution < 1.29 is 18.7 Å². The van der Waals surface area contributed by atoms with Crippen LogP contribution in [0.3, 0.4) is 0 Å². The standard InChI is InChI=1S/C23H28N2O4/c1-15-10-19(15)21-9-8-18(29-21)13-24(2)14-22(26)25-12-17-7-5-4-6-16(17)11-20(25)23(27)28-3/h4-9,15,19-20H,10-14H2,1-3H3/t15-,19+,20+/m1/s1. The Bertz CT molecular complexity index is 906. The van der Waals surface area contributed by atoms with E-state index >= 15 is 0 Å². The normalized spacial score (nSPS) is 23.0. The van der Waals surface area contributed by atoms with Crippen molar-refractivity contribution in [1.82, 2.24) is 9.80 Å². The van der Waals surface area contributed by atoms with Crippen LogP contribution in [-0.2, 0) is 33.8 Å². The van der Waals surface area contributed by atoms with Gasteiger partial charge in [-0.3, -0.25) is 9.69 Å². The molecule has 2 aliphatic rings. The van der Waals surface area contributed by atoms with Crippen LogP contribution in [0.5, 0.6) is 0 Å². The predicted molar refractivity (Wildman–Crippen MR) is 108 cm³/mol. The van der Waals surface area contributed by atoms with E-state index in [0.29, 0.717) is 31.3 Å². The molecular weight excluding hydrogens is 368 g/mol. The maximum absolute atomic E-state index is 13.1. The first-order valence-electron chi connectivity index (χ1n) is 10.2. The third-order valence-corrected chi connectivity index (χ3v) is 6.03. The lowest BCUT2D eigenvalue weighted by Gasteiger charge is -2.36. The second-order valence-electron chi connectivity index (χ2n) is 8.33. The lowest BCUT2D eigenvalue weighted by atomic mass is 9.94. The molecule has 6 heteroatoms. The molecule has 4 rings (SSSR count). The van der Waals surface area contributed by atoms with Crippen LogP contribution >= 0.6 is 0 Å². The fraction of sp³-hybridized carbons (Fsp3) is 0.478. The Labute approximate surface area is 171 Å². The van der Waals surface area contributed by atoms with Crippen LogP contribution in [0.25, 0.3) is 0 Å². The molecule has 154 valence electrons. The van der Waals surface area contributed by atoms with Gasteiger partial charge < -0.3 is 14.1 Å². The monoisotopic (exact) mass is 396 g/mol. The molecule has 0 radical (unpaired) electrons. The number of amides is 1. The number of carbonyl (C=O) groups is 2. The van der Waals surface area contributed by atoms with Crippen LogP contribution in [0.15, 0.2) is 40.8 Å². The third-order valence-electron chi connectivity index (χ3n) is 6.03. The zero-order chi connectivity index (χ0) is 20.5. The summed E-state index contributed by atoms with van der Waals surface area (Å²) in [7, 11) is 3.26. The molecule has 1 saturated carbocycles. The van der Waals surface area contributed by atoms with Gasteiger partial charge in [0.15, 0.2) is 0 Å². The first-order valence-corrected chi connectivity index (χ1v) is 10.2. The summed E-state index contributed by atoms with van der Waals surface area (Å²) in [5.74, 6) is 2.70. The molecule has 2 aromatic rings. The number of hydrogen-bond donors (Lipinski definition) is 0. The van der Waals surface area contributed by atoms with Crippen molar-refractivity contribution in [2.45, 2.75) is 44.8 Å². The van der Waals surface area contributed by atoms with Gasteiger partial charge in [-0.05, 0) is 42.6 Å². The van der Waals surface area contributed by atoms with Gasteiger partial charge in [-0.15, -0.1) is 0 Å². The summed E-state index contributed by atoms with van der Waals surface area (Å²) in [6.45, 7) is 3.42. The van der Waals surface area contributed by atoms with E-state index < -0.39 is 6.04 Å². The molecule has 1 fully saturated rings. The molecule has 0 saturated heterocycles. The van der Waals surface area contributed by atoms with E-state index in [0.717, 1.165) is 22.6 Å². The molecule has 1 aliphatic carbocycles. The Kier molecular flexibility index (Phi) is 5.46. The van der Waals surface area contributed by atoms with Gasteiger partial charge in [0.25, 0.3) is 0 Å². The van der Waals surface area contributed by atoms with Gasteiger partial charge >= 0.3 is 5.97 Å². The lowest BCUT2D eigenvalue weighted by molar-refractivity contribution is -0.154. The Hall–Kier alpha value is -2.60. The van der Waals surface area contributed by atoms with Crippen molar-refractivity contribution in [3.63, 3.8) is 0 Å². The topological polar surface area (TPSA) is 63.0 Å². The average Bonchev–Trinajstić information content (AvgIpc) is 3.27. The molecule has 0 spiro atoms. The smallest absolute Gasteiger partial charge is 0.328 e. The summed E-state index contributed by atoms with van der Waals surface area (Å²) >= 11 is 0. The summed E-state index contributed by atoms with van der Waals surface area (Å²) in [4.78, 5) is 28.9. The Morgan fingerprint density at radius 3 is 2.62 bits per heavy atom. The number of hydrogen-bond acceptors (Lipinski definition) is 5. The average molecular weight is 396 g/mol. The molecule has 2 heterocycles. The maximum Gasteiger partial charge on any atom is 0.328 e. The van der Waals surface area contributed by atoms with E-state index in [1.807, 2.05) is 48.3 Å². The number of benzene rings is 1. The molecule has 3 atom stereocenters. The molecule has 1 amide bonds. The van der Waals surface area contributed by atoms with Crippen molar-refractivity contribution in [1.29, 1.82) is 0 Å². The summed E-state index contributed by atoms with van der Waals surface area (Å²) in [6.07, 6.45) is 1.67. The van der Waals surface area contributed by atoms with Gasteiger partial charge in [0.1, 0.15) is 17.6 Å². The van der Waals surface area contributed by atoms with Gasteiger partial charge in [0.2, 0.25) is 5.91 Å². The summed E-state index contributed by atoms with van der Waals surface area (Å²) in [5, 5.41) is 0. The number of fused-ring (bicyclic) bond motifs is 1. The summed E-state index contributed by atoms with van der Waals surface area (Å²) in [5.41, 5.74) is 2.18. The van der Waals surface area contributed by atoms with Crippen LogP contribution < -0.4 is 0 Å². The molecule has 6 nitrogen and oxygen atoms in total. The van der Waals surface area contributed by atoms with E-state index in [4.69, 9.17) is 9.15 Å². The highest BCUT2D eigenvalue weighted by Gasteiger charge is 2.37. The number of ether oxygens (including phenoxy) is 1. The fourth-order valence-corrected chi connectivity index (χ4v) is 4.17. The van der Waals surface area contributed by atoms with Crippen molar-refractivity contribution in [3.05, 3.63) is 59.0 Å². The number of rotatable bonds is 6. The highest BCUT2D eigenvalue weighted by atomic mass is 16.5. The van der Waals surface area contributed by atoms with Crippen LogP contribution in [0.2, 0.25) is 0 Å². The van der Waals surface area contributed by atoms with Crippen molar-refractivity contribution in [2.75, 3.05) is 20.7 Å². The number of furan rings is 1. The number of carbonyl (C=O) groups excluding carboxylic acids is 2. The van der Waals surface area contributed by atoms with Crippen molar-refractivity contribution in [2.24, 2.45) is 5.92 Å². The van der Waals surface area contributed by atoms with Crippen LogP contribution in [-0.4, -0.2) is 48.4 Å². The molecule has 1 aromatic heterocycles. The van der Waals surface area contributed by atoms with Crippen LogP contribution in [0.1, 0.15) is 41.9 Å². The summed E-state index contributed by atoms with van der Waals surface area (Å²) < 4.78 is 10.9. The van der Waals surface area contributed by atoms with Gasteiger partial charge in [0.05, 0.1) is 20.2 Å². The zero-order valence-corrected chi connectivity index (χ0v) is 17.3. The minimum Gasteiger partial charge on any atom is -0.467 e. The number of nitrogens with zero attached hydrogens (tertiary/aromatic N) is 2. The first kappa shape index (κ1) is 19.7. The minimum absolute atomic E-state index is 0.0833. The maximum atomic E-state index is 13.1. The Balaban J connectivity index is 1.41. The van der Waals surface area contributed by atoms with Crippen LogP contribution in [0, 0.1) is 5.92 Å². The van der Waals surface area contributed by atoms with Crippen molar-refractivity contribution >= 4 is 11.9 Å². The van der Waals surface area contributed by atoms with Gasteiger partial charge in [-0.1, -0.05) is 31.2 Å². The molecule has 0 N–H and O–H groups in total. The van der Waals surface area contributed by atoms with Gasteiger partial charge in [-0.2, -0.15) is 0 Å². The van der Waals surface area contributed by atoms with Crippen LogP contribution in [0.4, 0.5) is 0 Å². The van der Waals surface area contributed by atoms with E-state index in [9.17, 15) is 9.59 Å². The lowest BCUT2D eigenvalue weighted by Crippen LogP contribution is -2.51. The molecule has 0 unspecified atom stereocenters. The van der Waals surface area contributed by atoms with E-state index in [-0.39, 0.29) is 18.4 Å². The largest absolute Gasteiger partial charge is 0.467 e. The van der Waals surface area contributed by atoms with Gasteiger partial charge in [0, 0.05) is 18.9 Å². The second-order valence-corrected chi connectivity index (χ2v) is 8.33. The van der Waals surface area contributed by atoms with E-state index in [1.165, 1.54) is 13.5 Å². The Morgan fingerprint density at radius 1 is 1.21 bits per heavy atom. The fourth-order valence-electron chi connectivity index (χ4n) is 4.17. The zero-order valence-electron chi connectivity index (χ0n) is 17.3. The highest BCUT2D eigenvalue weighted by molar-refractivity contribution is 5.86. The molecule has 1 aliphatic heterocycles. The second kappa shape index (κ2) is 8.03. The molecule has 1 aromatic carbocycles. The quantitative estimate of drug-likeness (QED) is 0.703. The number of likely N-dealkylation sites (N-methyl/N-ethyl adjacent to an activating group) is 1. The SMILES string of the molecule is COC(=O)[C@@H]1Cc2ccccc2CN1C(=O)CN(C)Cc1ccc([C@H]2C[C@H]2C)o1. The van der Waals surface area contributed by atoms with E-state index in [2.05, 4.69) is 6.92 Å². The highest BCUT2D eigenvalue weighted by Crippen LogP contribution is 2.47. The first-order chi connectivity index (χ1) is 14.0. The van der Waals surface area contributed by atoms with Crippen molar-refractivity contribution in [3.8, 4) is 0 Å². The van der Waals surface area contributed by atoms with Gasteiger partial charge in [-0.25, -0.2) is 4.79 Å². The predicted octanol–water partition coefficient (Wildman–Crippen LogP) is 2.96. The number of methoxy groups -OCH3 is 1. The Morgan fingerprint density at radius 2 is 1.93 bits per heavy atom. The summed E-state index contributed by atoms with van der Waals surface area (Å²) in [6, 6.07) is 11.4. The molecule has 29 heavy (non-hydrogen) atoms. The molecular formula is C23H28N2O4. The van der Waals surface area contributed by atoms with E-state index in [1.54, 1.807) is 4.90 Å².